The molecule has 0 radical (unpaired) electrons. The molecule has 0 spiro atoms. The molecule has 1 aromatic heterocycles. The van der Waals surface area contributed by atoms with E-state index in [1.807, 2.05) is 31.4 Å². The van der Waals surface area contributed by atoms with Crippen molar-refractivity contribution in [3.8, 4) is 11.3 Å². The number of hydrogen-bond donors (Lipinski definition) is 1. The van der Waals surface area contributed by atoms with Crippen molar-refractivity contribution >= 4 is 32.2 Å². The topological polar surface area (TPSA) is 76.1 Å². The lowest BCUT2D eigenvalue weighted by Crippen LogP contribution is -2.17. The first kappa shape index (κ1) is 19.3. The van der Waals surface area contributed by atoms with Crippen LogP contribution in [0.15, 0.2) is 52.7 Å². The molecule has 0 atom stereocenters. The van der Waals surface area contributed by atoms with Gasteiger partial charge in [-0.2, -0.15) is 0 Å². The number of carbonyl (C=O) groups is 1. The summed E-state index contributed by atoms with van der Waals surface area (Å²) in [5.41, 5.74) is 4.25. The van der Waals surface area contributed by atoms with E-state index in [-0.39, 0.29) is 16.2 Å². The van der Waals surface area contributed by atoms with E-state index in [9.17, 15) is 13.2 Å². The van der Waals surface area contributed by atoms with Gasteiger partial charge in [0.15, 0.2) is 15.0 Å². The maximum Gasteiger partial charge on any atom is 0.258 e. The van der Waals surface area contributed by atoms with Crippen LogP contribution in [0.3, 0.4) is 0 Å². The minimum atomic E-state index is -3.49. The minimum Gasteiger partial charge on any atom is -0.298 e. The zero-order chi connectivity index (χ0) is 19.6. The predicted molar refractivity (Wildman–Crippen MR) is 109 cm³/mol. The molecule has 5 nitrogen and oxygen atoms in total. The molecule has 140 valence electrons. The monoisotopic (exact) mass is 400 g/mol. The van der Waals surface area contributed by atoms with Gasteiger partial charge in [0, 0.05) is 10.9 Å². The second-order valence-electron chi connectivity index (χ2n) is 6.19. The number of carbonyl (C=O) groups excluding carboxylic acids is 1. The molecule has 0 saturated carbocycles. The fourth-order valence-electron chi connectivity index (χ4n) is 2.61. The number of amides is 1. The van der Waals surface area contributed by atoms with Crippen LogP contribution in [0, 0.1) is 13.8 Å². The Labute approximate surface area is 163 Å². The zero-order valence-electron chi connectivity index (χ0n) is 15.3. The molecule has 0 fully saturated rings. The van der Waals surface area contributed by atoms with Crippen molar-refractivity contribution in [1.29, 1.82) is 0 Å². The quantitative estimate of drug-likeness (QED) is 0.685. The van der Waals surface area contributed by atoms with Gasteiger partial charge in [-0.05, 0) is 43.2 Å². The molecule has 0 aliphatic carbocycles. The predicted octanol–water partition coefficient (Wildman–Crippen LogP) is 4.47. The third kappa shape index (κ3) is 4.09. The van der Waals surface area contributed by atoms with E-state index in [2.05, 4.69) is 16.4 Å². The van der Waals surface area contributed by atoms with Gasteiger partial charge < -0.3 is 0 Å². The lowest BCUT2D eigenvalue weighted by Gasteiger charge is -2.08. The van der Waals surface area contributed by atoms with Gasteiger partial charge in [0.2, 0.25) is 0 Å². The van der Waals surface area contributed by atoms with E-state index in [1.165, 1.54) is 34.6 Å². The summed E-state index contributed by atoms with van der Waals surface area (Å²) in [5.74, 6) is -0.547. The average molecular weight is 401 g/mol. The highest BCUT2D eigenvalue weighted by atomic mass is 32.2. The van der Waals surface area contributed by atoms with E-state index in [0.717, 1.165) is 11.3 Å². The van der Waals surface area contributed by atoms with Gasteiger partial charge in [-0.3, -0.25) is 10.1 Å². The number of aromatic nitrogens is 1. The molecular weight excluding hydrogens is 380 g/mol. The number of thiazole rings is 1. The van der Waals surface area contributed by atoms with Crippen molar-refractivity contribution in [1.82, 2.24) is 4.98 Å². The second-order valence-corrected chi connectivity index (χ2v) is 9.30. The number of rotatable bonds is 5. The van der Waals surface area contributed by atoms with Crippen LogP contribution in [-0.2, 0) is 9.84 Å². The largest absolute Gasteiger partial charge is 0.298 e. The lowest BCUT2D eigenvalue weighted by atomic mass is 10.1. The van der Waals surface area contributed by atoms with Crippen molar-refractivity contribution in [2.75, 3.05) is 11.1 Å². The fraction of sp³-hybridized carbons (Fsp3) is 0.200. The third-order valence-corrected chi connectivity index (χ3v) is 6.92. The van der Waals surface area contributed by atoms with Crippen molar-refractivity contribution in [2.24, 2.45) is 0 Å². The Morgan fingerprint density at radius 3 is 2.56 bits per heavy atom. The van der Waals surface area contributed by atoms with E-state index < -0.39 is 15.7 Å². The standard InChI is InChI=1S/C20H20N2O3S2/c1-4-27(24,25)18-8-6-5-7-16(18)19(23)22-20-21-17(12-26-20)15-10-9-13(2)14(3)11-15/h5-12H,4H2,1-3H3,(H,21,22,23). The van der Waals surface area contributed by atoms with E-state index >= 15 is 0 Å². The number of hydrogen-bond acceptors (Lipinski definition) is 5. The smallest absolute Gasteiger partial charge is 0.258 e. The molecule has 0 aliphatic heterocycles. The van der Waals surface area contributed by atoms with E-state index in [0.29, 0.717) is 5.13 Å². The highest BCUT2D eigenvalue weighted by Gasteiger charge is 2.21. The molecule has 27 heavy (non-hydrogen) atoms. The number of benzene rings is 2. The fourth-order valence-corrected chi connectivity index (χ4v) is 4.42. The molecule has 7 heteroatoms. The second kappa shape index (κ2) is 7.62. The first-order valence-corrected chi connectivity index (χ1v) is 11.0. The first-order valence-electron chi connectivity index (χ1n) is 8.48. The first-order chi connectivity index (χ1) is 12.8. The van der Waals surface area contributed by atoms with Crippen molar-refractivity contribution < 1.29 is 13.2 Å². The highest BCUT2D eigenvalue weighted by molar-refractivity contribution is 7.91. The number of nitrogens with one attached hydrogen (secondary N) is 1. The molecule has 0 saturated heterocycles. The summed E-state index contributed by atoms with van der Waals surface area (Å²) in [6.45, 7) is 5.65. The lowest BCUT2D eigenvalue weighted by molar-refractivity contribution is 0.102. The summed E-state index contributed by atoms with van der Waals surface area (Å²) in [6, 6.07) is 12.3. The summed E-state index contributed by atoms with van der Waals surface area (Å²) < 4.78 is 24.5. The molecule has 3 aromatic rings. The summed E-state index contributed by atoms with van der Waals surface area (Å²) in [5, 5.41) is 5.01. The van der Waals surface area contributed by atoms with Crippen LogP contribution in [0.2, 0.25) is 0 Å². The SMILES string of the molecule is CCS(=O)(=O)c1ccccc1C(=O)Nc1nc(-c2ccc(C)c(C)c2)cs1. The molecule has 1 amide bonds. The Kier molecular flexibility index (Phi) is 5.43. The van der Waals surface area contributed by atoms with Crippen molar-refractivity contribution in [2.45, 2.75) is 25.7 Å². The maximum absolute atomic E-state index is 12.6. The van der Waals surface area contributed by atoms with Crippen LogP contribution in [0.5, 0.6) is 0 Å². The molecule has 0 unspecified atom stereocenters. The maximum atomic E-state index is 12.6. The van der Waals surface area contributed by atoms with Gasteiger partial charge in [0.25, 0.3) is 5.91 Å². The number of sulfone groups is 1. The van der Waals surface area contributed by atoms with Crippen LogP contribution < -0.4 is 5.32 Å². The Bertz CT molecular complexity index is 1100. The Hall–Kier alpha value is -2.51. The van der Waals surface area contributed by atoms with Crippen LogP contribution in [-0.4, -0.2) is 25.1 Å². The summed E-state index contributed by atoms with van der Waals surface area (Å²) in [6.07, 6.45) is 0. The van der Waals surface area contributed by atoms with Crippen molar-refractivity contribution in [3.63, 3.8) is 0 Å². The zero-order valence-corrected chi connectivity index (χ0v) is 16.9. The van der Waals surface area contributed by atoms with Gasteiger partial charge >= 0.3 is 0 Å². The highest BCUT2D eigenvalue weighted by Crippen LogP contribution is 2.27. The van der Waals surface area contributed by atoms with Crippen molar-refractivity contribution in [3.05, 3.63) is 64.5 Å². The number of aryl methyl sites for hydroxylation is 2. The van der Waals surface area contributed by atoms with Crippen LogP contribution in [0.1, 0.15) is 28.4 Å². The molecular formula is C20H20N2O3S2. The number of nitrogens with zero attached hydrogens (tertiary/aromatic N) is 1. The third-order valence-electron chi connectivity index (χ3n) is 4.37. The molecule has 3 rings (SSSR count). The summed E-state index contributed by atoms with van der Waals surface area (Å²) in [7, 11) is -3.49. The summed E-state index contributed by atoms with van der Waals surface area (Å²) >= 11 is 1.30. The molecule has 1 N–H and O–H groups in total. The molecule has 2 aromatic carbocycles. The minimum absolute atomic E-state index is 0.0379. The Morgan fingerprint density at radius 1 is 1.11 bits per heavy atom. The van der Waals surface area contributed by atoms with Gasteiger partial charge in [0.1, 0.15) is 0 Å². The van der Waals surface area contributed by atoms with Crippen LogP contribution >= 0.6 is 11.3 Å². The summed E-state index contributed by atoms with van der Waals surface area (Å²) in [4.78, 5) is 17.1. The van der Waals surface area contributed by atoms with Crippen LogP contribution in [0.4, 0.5) is 5.13 Å². The van der Waals surface area contributed by atoms with Crippen LogP contribution in [0.25, 0.3) is 11.3 Å². The van der Waals surface area contributed by atoms with E-state index in [1.54, 1.807) is 19.1 Å². The van der Waals surface area contributed by atoms with Gasteiger partial charge in [-0.25, -0.2) is 13.4 Å². The van der Waals surface area contributed by atoms with Gasteiger partial charge in [0.05, 0.1) is 21.9 Å². The number of anilines is 1. The average Bonchev–Trinajstić information content (AvgIpc) is 3.12. The van der Waals surface area contributed by atoms with Gasteiger partial charge in [-0.1, -0.05) is 31.2 Å². The molecule has 0 bridgehead atoms. The Morgan fingerprint density at radius 2 is 1.85 bits per heavy atom. The van der Waals surface area contributed by atoms with E-state index in [4.69, 9.17) is 0 Å². The van der Waals surface area contributed by atoms with Gasteiger partial charge in [-0.15, -0.1) is 11.3 Å². The molecule has 1 heterocycles. The molecule has 0 aliphatic rings. The normalized spacial score (nSPS) is 11.4. The Balaban J connectivity index is 1.86.